The molecule has 1 aromatic rings. The number of rotatable bonds is 3. The van der Waals surface area contributed by atoms with Gasteiger partial charge in [0, 0.05) is 38.4 Å². The molecule has 0 aliphatic carbocycles. The van der Waals surface area contributed by atoms with E-state index in [4.69, 9.17) is 0 Å². The minimum Gasteiger partial charge on any atom is -0.343 e. The molecule has 1 fully saturated rings. The van der Waals surface area contributed by atoms with Crippen LogP contribution in [-0.4, -0.2) is 46.7 Å². The normalized spacial score (nSPS) is 16.4. The summed E-state index contributed by atoms with van der Waals surface area (Å²) in [5, 5.41) is 1.96. The minimum absolute atomic E-state index is 0.0410. The Morgan fingerprint density at radius 3 is 2.68 bits per heavy atom. The van der Waals surface area contributed by atoms with Crippen molar-refractivity contribution in [1.29, 1.82) is 0 Å². The van der Waals surface area contributed by atoms with Crippen LogP contribution >= 0.6 is 11.3 Å². The maximum Gasteiger partial charge on any atom is 0.225 e. The third-order valence-corrected chi connectivity index (χ3v) is 4.18. The first-order chi connectivity index (χ1) is 9.08. The van der Waals surface area contributed by atoms with Crippen LogP contribution in [0.3, 0.4) is 0 Å². The fourth-order valence-electron chi connectivity index (χ4n) is 2.39. The molecule has 0 N–H and O–H groups in total. The van der Waals surface area contributed by atoms with Gasteiger partial charge in [-0.2, -0.15) is 0 Å². The molecule has 5 nitrogen and oxygen atoms in total. The number of hydrogen-bond donors (Lipinski definition) is 0. The van der Waals surface area contributed by atoms with Crippen molar-refractivity contribution >= 4 is 23.2 Å². The van der Waals surface area contributed by atoms with Crippen LogP contribution in [0.2, 0.25) is 0 Å². The SMILES string of the molecule is CC(=O)N1CCC(C(=O)N(C)Cc2cscn2)CC1. The number of carbonyl (C=O) groups excluding carboxylic acids is 2. The monoisotopic (exact) mass is 281 g/mol. The molecule has 0 aromatic carbocycles. The van der Waals surface area contributed by atoms with Gasteiger partial charge in [0.05, 0.1) is 17.7 Å². The summed E-state index contributed by atoms with van der Waals surface area (Å²) in [6.45, 7) is 3.53. The molecular weight excluding hydrogens is 262 g/mol. The van der Waals surface area contributed by atoms with Crippen LogP contribution in [-0.2, 0) is 16.1 Å². The Morgan fingerprint density at radius 1 is 1.47 bits per heavy atom. The smallest absolute Gasteiger partial charge is 0.225 e. The summed E-state index contributed by atoms with van der Waals surface area (Å²) in [6.07, 6.45) is 1.53. The van der Waals surface area contributed by atoms with E-state index in [9.17, 15) is 9.59 Å². The Morgan fingerprint density at radius 2 is 2.16 bits per heavy atom. The standard InChI is InChI=1S/C13H19N3O2S/c1-10(17)16-5-3-11(4-6-16)13(18)15(2)7-12-8-19-9-14-12/h8-9,11H,3-7H2,1-2H3. The molecule has 0 atom stereocenters. The second kappa shape index (κ2) is 6.14. The molecule has 0 spiro atoms. The van der Waals surface area contributed by atoms with Crippen molar-refractivity contribution in [2.24, 2.45) is 5.92 Å². The van der Waals surface area contributed by atoms with Crippen LogP contribution in [0.1, 0.15) is 25.5 Å². The summed E-state index contributed by atoms with van der Waals surface area (Å²) in [6, 6.07) is 0. The molecule has 104 valence electrons. The van der Waals surface area contributed by atoms with Gasteiger partial charge in [0.15, 0.2) is 0 Å². The van der Waals surface area contributed by atoms with Gasteiger partial charge in [0.25, 0.3) is 0 Å². The molecule has 0 radical (unpaired) electrons. The number of hydrogen-bond acceptors (Lipinski definition) is 4. The van der Waals surface area contributed by atoms with Gasteiger partial charge in [0.2, 0.25) is 11.8 Å². The second-order valence-corrected chi connectivity index (χ2v) is 5.67. The largest absolute Gasteiger partial charge is 0.343 e. The molecule has 2 heterocycles. The zero-order chi connectivity index (χ0) is 13.8. The Balaban J connectivity index is 1.85. The van der Waals surface area contributed by atoms with Crippen molar-refractivity contribution in [2.45, 2.75) is 26.3 Å². The first-order valence-corrected chi connectivity index (χ1v) is 7.39. The number of thiazole rings is 1. The molecule has 0 bridgehead atoms. The number of amides is 2. The number of likely N-dealkylation sites (tertiary alicyclic amines) is 1. The van der Waals surface area contributed by atoms with E-state index in [-0.39, 0.29) is 17.7 Å². The number of carbonyl (C=O) groups is 2. The Kier molecular flexibility index (Phi) is 4.52. The summed E-state index contributed by atoms with van der Waals surface area (Å²) in [4.78, 5) is 31.3. The van der Waals surface area contributed by atoms with Gasteiger partial charge in [-0.1, -0.05) is 0 Å². The van der Waals surface area contributed by atoms with E-state index in [2.05, 4.69) is 4.98 Å². The topological polar surface area (TPSA) is 53.5 Å². The van der Waals surface area contributed by atoms with Crippen LogP contribution in [0.5, 0.6) is 0 Å². The predicted molar refractivity (Wildman–Crippen MR) is 73.6 cm³/mol. The van der Waals surface area contributed by atoms with E-state index in [1.54, 1.807) is 17.3 Å². The molecule has 0 unspecified atom stereocenters. The van der Waals surface area contributed by atoms with Crippen molar-refractivity contribution in [3.05, 3.63) is 16.6 Å². The van der Waals surface area contributed by atoms with Crippen molar-refractivity contribution in [2.75, 3.05) is 20.1 Å². The molecule has 19 heavy (non-hydrogen) atoms. The Bertz CT molecular complexity index is 439. The maximum atomic E-state index is 12.3. The lowest BCUT2D eigenvalue weighted by Gasteiger charge is -2.32. The van der Waals surface area contributed by atoms with Crippen LogP contribution in [0.25, 0.3) is 0 Å². The highest BCUT2D eigenvalue weighted by atomic mass is 32.1. The average Bonchev–Trinajstić information content (AvgIpc) is 2.90. The minimum atomic E-state index is 0.0410. The first-order valence-electron chi connectivity index (χ1n) is 6.45. The first kappa shape index (κ1) is 14.0. The van der Waals surface area contributed by atoms with Crippen molar-refractivity contribution in [1.82, 2.24) is 14.8 Å². The fourth-order valence-corrected chi connectivity index (χ4v) is 2.94. The van der Waals surface area contributed by atoms with Crippen LogP contribution < -0.4 is 0 Å². The summed E-state index contributed by atoms with van der Waals surface area (Å²) < 4.78 is 0. The third-order valence-electron chi connectivity index (χ3n) is 3.55. The van der Waals surface area contributed by atoms with Crippen molar-refractivity contribution in [3.63, 3.8) is 0 Å². The lowest BCUT2D eigenvalue weighted by Crippen LogP contribution is -2.42. The van der Waals surface area contributed by atoms with E-state index in [0.717, 1.165) is 18.5 Å². The molecule has 1 aliphatic rings. The lowest BCUT2D eigenvalue weighted by atomic mass is 9.95. The highest BCUT2D eigenvalue weighted by Gasteiger charge is 2.28. The zero-order valence-corrected chi connectivity index (χ0v) is 12.2. The van der Waals surface area contributed by atoms with E-state index < -0.39 is 0 Å². The summed E-state index contributed by atoms with van der Waals surface area (Å²) in [7, 11) is 1.82. The summed E-state index contributed by atoms with van der Waals surface area (Å²) >= 11 is 1.54. The van der Waals surface area contributed by atoms with Crippen molar-refractivity contribution < 1.29 is 9.59 Å². The highest BCUT2D eigenvalue weighted by molar-refractivity contribution is 7.07. The molecule has 6 heteroatoms. The molecule has 1 aliphatic heterocycles. The average molecular weight is 281 g/mol. The molecule has 2 amide bonds. The second-order valence-electron chi connectivity index (χ2n) is 4.95. The van der Waals surface area contributed by atoms with Gasteiger partial charge in [0.1, 0.15) is 0 Å². The van der Waals surface area contributed by atoms with E-state index >= 15 is 0 Å². The van der Waals surface area contributed by atoms with Crippen LogP contribution in [0.15, 0.2) is 10.9 Å². The van der Waals surface area contributed by atoms with Crippen molar-refractivity contribution in [3.8, 4) is 0 Å². The summed E-state index contributed by atoms with van der Waals surface area (Å²) in [5.41, 5.74) is 2.71. The Labute approximate surface area is 117 Å². The number of nitrogens with zero attached hydrogens (tertiary/aromatic N) is 3. The van der Waals surface area contributed by atoms with Gasteiger partial charge in [-0.3, -0.25) is 9.59 Å². The van der Waals surface area contributed by atoms with E-state index in [1.165, 1.54) is 11.3 Å². The Hall–Kier alpha value is -1.43. The molecule has 1 aromatic heterocycles. The van der Waals surface area contributed by atoms with E-state index in [1.807, 2.05) is 17.3 Å². The van der Waals surface area contributed by atoms with Gasteiger partial charge in [-0.25, -0.2) is 4.98 Å². The maximum absolute atomic E-state index is 12.3. The third kappa shape index (κ3) is 3.53. The molecule has 2 rings (SSSR count). The van der Waals surface area contributed by atoms with Gasteiger partial charge < -0.3 is 9.80 Å². The zero-order valence-electron chi connectivity index (χ0n) is 11.3. The van der Waals surface area contributed by atoms with Gasteiger partial charge in [-0.15, -0.1) is 11.3 Å². The van der Waals surface area contributed by atoms with Crippen LogP contribution in [0.4, 0.5) is 0 Å². The number of piperidine rings is 1. The molecule has 0 saturated carbocycles. The molecule has 1 saturated heterocycles. The van der Waals surface area contributed by atoms with E-state index in [0.29, 0.717) is 19.6 Å². The van der Waals surface area contributed by atoms with Gasteiger partial charge in [-0.05, 0) is 12.8 Å². The van der Waals surface area contributed by atoms with Crippen LogP contribution in [0, 0.1) is 5.92 Å². The molecular formula is C13H19N3O2S. The number of aromatic nitrogens is 1. The highest BCUT2D eigenvalue weighted by Crippen LogP contribution is 2.20. The van der Waals surface area contributed by atoms with Gasteiger partial charge >= 0.3 is 0 Å². The quantitative estimate of drug-likeness (QED) is 0.840. The fraction of sp³-hybridized carbons (Fsp3) is 0.615. The lowest BCUT2D eigenvalue weighted by molar-refractivity contribution is -0.139. The predicted octanol–water partition coefficient (Wildman–Crippen LogP) is 1.36. The summed E-state index contributed by atoms with van der Waals surface area (Å²) in [5.74, 6) is 0.303.